The summed E-state index contributed by atoms with van der Waals surface area (Å²) in [7, 11) is 3.29. The van der Waals surface area contributed by atoms with Gasteiger partial charge in [0.25, 0.3) is 0 Å². The first-order valence-corrected chi connectivity index (χ1v) is 3.86. The Balaban J connectivity index is 3.22. The molecule has 4 nitrogen and oxygen atoms in total. The van der Waals surface area contributed by atoms with Crippen molar-refractivity contribution in [1.29, 1.82) is 0 Å². The predicted molar refractivity (Wildman–Crippen MR) is 51.1 cm³/mol. The number of aromatic nitrogens is 2. The zero-order chi connectivity index (χ0) is 9.30. The molecule has 0 atom stereocenters. The summed E-state index contributed by atoms with van der Waals surface area (Å²) in [6.45, 7) is 1.84. The van der Waals surface area contributed by atoms with E-state index in [1.165, 1.54) is 7.11 Å². The average Bonchev–Trinajstić information content (AvgIpc) is 2.26. The molecule has 0 aliphatic carbocycles. The third-order valence-electron chi connectivity index (χ3n) is 1.66. The Bertz CT molecular complexity index is 319. The molecule has 0 saturated heterocycles. The van der Waals surface area contributed by atoms with E-state index in [1.807, 2.05) is 6.92 Å². The molecule has 0 unspecified atom stereocenters. The monoisotopic (exact) mass is 185 g/mol. The second kappa shape index (κ2) is 3.10. The van der Waals surface area contributed by atoms with E-state index in [0.29, 0.717) is 10.9 Å². The molecule has 0 bridgehead atoms. The summed E-state index contributed by atoms with van der Waals surface area (Å²) in [4.78, 5) is 0. The average molecular weight is 185 g/mol. The van der Waals surface area contributed by atoms with Crippen molar-refractivity contribution in [3.05, 3.63) is 11.3 Å². The molecule has 0 spiro atoms. The predicted octanol–water partition coefficient (Wildman–Crippen LogP) is 0.633. The third kappa shape index (κ3) is 1.27. The molecule has 2 N–H and O–H groups in total. The van der Waals surface area contributed by atoms with Crippen LogP contribution in [0.3, 0.4) is 0 Å². The molecule has 1 aromatic rings. The number of anilines is 1. The van der Waals surface area contributed by atoms with E-state index in [1.54, 1.807) is 11.7 Å². The van der Waals surface area contributed by atoms with Crippen molar-refractivity contribution in [3.8, 4) is 0 Å². The van der Waals surface area contributed by atoms with Crippen LogP contribution >= 0.6 is 12.2 Å². The van der Waals surface area contributed by atoms with Gasteiger partial charge in [-0.25, -0.2) is 0 Å². The van der Waals surface area contributed by atoms with Crippen molar-refractivity contribution in [2.75, 3.05) is 12.8 Å². The molecule has 66 valence electrons. The fourth-order valence-electron chi connectivity index (χ4n) is 1.03. The highest BCUT2D eigenvalue weighted by Gasteiger charge is 2.14. The summed E-state index contributed by atoms with van der Waals surface area (Å²) in [5.41, 5.74) is 7.22. The van der Waals surface area contributed by atoms with Crippen LogP contribution in [0.25, 0.3) is 0 Å². The van der Waals surface area contributed by atoms with Gasteiger partial charge in [0.2, 0.25) is 0 Å². The van der Waals surface area contributed by atoms with Gasteiger partial charge in [-0.15, -0.1) is 0 Å². The van der Waals surface area contributed by atoms with Gasteiger partial charge in [-0.3, -0.25) is 4.68 Å². The molecule has 1 rings (SSSR count). The summed E-state index contributed by atoms with van der Waals surface area (Å²) in [6.07, 6.45) is 0. The second-order valence-corrected chi connectivity index (χ2v) is 2.83. The van der Waals surface area contributed by atoms with Gasteiger partial charge >= 0.3 is 0 Å². The first kappa shape index (κ1) is 8.99. The number of nitrogens with zero attached hydrogens (tertiary/aromatic N) is 2. The largest absolute Gasteiger partial charge is 0.486 e. The lowest BCUT2D eigenvalue weighted by atomic mass is 10.2. The van der Waals surface area contributed by atoms with Gasteiger partial charge in [0.15, 0.2) is 5.05 Å². The highest BCUT2D eigenvalue weighted by atomic mass is 32.1. The van der Waals surface area contributed by atoms with Crippen molar-refractivity contribution in [3.63, 3.8) is 0 Å². The molecular formula is C7H11N3OS. The number of methoxy groups -OCH3 is 1. The van der Waals surface area contributed by atoms with Crippen LogP contribution in [-0.4, -0.2) is 21.9 Å². The summed E-state index contributed by atoms with van der Waals surface area (Å²) in [5, 5.41) is 4.49. The van der Waals surface area contributed by atoms with Crippen LogP contribution in [0.4, 0.5) is 5.82 Å². The first-order valence-electron chi connectivity index (χ1n) is 3.45. The Labute approximate surface area is 76.3 Å². The van der Waals surface area contributed by atoms with Crippen molar-refractivity contribution in [2.45, 2.75) is 6.92 Å². The van der Waals surface area contributed by atoms with E-state index in [4.69, 9.17) is 22.7 Å². The van der Waals surface area contributed by atoms with Crippen molar-refractivity contribution < 1.29 is 4.74 Å². The Kier molecular flexibility index (Phi) is 2.32. The molecule has 12 heavy (non-hydrogen) atoms. The first-order chi connectivity index (χ1) is 5.57. The fourth-order valence-corrected chi connectivity index (χ4v) is 1.28. The van der Waals surface area contributed by atoms with Gasteiger partial charge in [0.1, 0.15) is 5.82 Å². The minimum Gasteiger partial charge on any atom is -0.486 e. The van der Waals surface area contributed by atoms with E-state index < -0.39 is 0 Å². The van der Waals surface area contributed by atoms with Gasteiger partial charge in [-0.2, -0.15) is 5.10 Å². The smallest absolute Gasteiger partial charge is 0.196 e. The van der Waals surface area contributed by atoms with Crippen LogP contribution in [0.15, 0.2) is 0 Å². The lowest BCUT2D eigenvalue weighted by Gasteiger charge is -2.01. The quantitative estimate of drug-likeness (QED) is 0.652. The van der Waals surface area contributed by atoms with Crippen LogP contribution in [0, 0.1) is 6.92 Å². The SMILES string of the molecule is COC(=S)c1c(C)nn(C)c1N. The topological polar surface area (TPSA) is 53.1 Å². The van der Waals surface area contributed by atoms with E-state index >= 15 is 0 Å². The molecule has 0 amide bonds. The van der Waals surface area contributed by atoms with Crippen molar-refractivity contribution >= 4 is 23.1 Å². The molecule has 0 aliphatic heterocycles. The molecule has 0 aromatic carbocycles. The number of ether oxygens (including phenoxy) is 1. The van der Waals surface area contributed by atoms with Gasteiger partial charge in [0.05, 0.1) is 18.4 Å². The normalized spacial score (nSPS) is 9.92. The maximum Gasteiger partial charge on any atom is 0.196 e. The molecule has 0 saturated carbocycles. The van der Waals surface area contributed by atoms with Crippen LogP contribution in [0.5, 0.6) is 0 Å². The minimum atomic E-state index is 0.387. The molecule has 0 radical (unpaired) electrons. The fraction of sp³-hybridized carbons (Fsp3) is 0.429. The Morgan fingerprint density at radius 1 is 1.67 bits per heavy atom. The number of nitrogens with two attached hydrogens (primary N) is 1. The number of hydrogen-bond donors (Lipinski definition) is 1. The summed E-state index contributed by atoms with van der Waals surface area (Å²) in [6, 6.07) is 0. The molecule has 0 aliphatic rings. The Hall–Kier alpha value is -1.10. The van der Waals surface area contributed by atoms with E-state index in [2.05, 4.69) is 5.10 Å². The maximum absolute atomic E-state index is 5.71. The number of thiocarbonyl (C=S) groups is 1. The molecule has 1 aromatic heterocycles. The zero-order valence-corrected chi connectivity index (χ0v) is 8.10. The number of aryl methyl sites for hydroxylation is 2. The van der Waals surface area contributed by atoms with Gasteiger partial charge < -0.3 is 10.5 Å². The van der Waals surface area contributed by atoms with Crippen molar-refractivity contribution in [1.82, 2.24) is 9.78 Å². The number of nitrogen functional groups attached to an aromatic ring is 1. The second-order valence-electron chi connectivity index (χ2n) is 2.46. The van der Waals surface area contributed by atoms with E-state index in [0.717, 1.165) is 11.3 Å². The minimum absolute atomic E-state index is 0.387. The standard InChI is InChI=1S/C7H11N3OS/c1-4-5(7(12)11-3)6(8)10(2)9-4/h8H2,1-3H3. The van der Waals surface area contributed by atoms with Crippen LogP contribution < -0.4 is 5.73 Å². The maximum atomic E-state index is 5.71. The van der Waals surface area contributed by atoms with Gasteiger partial charge in [0, 0.05) is 7.05 Å². The summed E-state index contributed by atoms with van der Waals surface area (Å²) < 4.78 is 6.49. The van der Waals surface area contributed by atoms with E-state index in [-0.39, 0.29) is 0 Å². The van der Waals surface area contributed by atoms with E-state index in [9.17, 15) is 0 Å². The third-order valence-corrected chi connectivity index (χ3v) is 2.03. The highest BCUT2D eigenvalue weighted by molar-refractivity contribution is 7.80. The summed E-state index contributed by atoms with van der Waals surface area (Å²) in [5.74, 6) is 0.541. The van der Waals surface area contributed by atoms with Gasteiger partial charge in [-0.05, 0) is 19.1 Å². The van der Waals surface area contributed by atoms with Crippen LogP contribution in [0.2, 0.25) is 0 Å². The Morgan fingerprint density at radius 2 is 2.25 bits per heavy atom. The lowest BCUT2D eigenvalue weighted by molar-refractivity contribution is 0.416. The van der Waals surface area contributed by atoms with Gasteiger partial charge in [-0.1, -0.05) is 0 Å². The lowest BCUT2D eigenvalue weighted by Crippen LogP contribution is -2.05. The number of rotatable bonds is 1. The molecule has 1 heterocycles. The van der Waals surface area contributed by atoms with Crippen LogP contribution in [-0.2, 0) is 11.8 Å². The molecule has 5 heteroatoms. The highest BCUT2D eigenvalue weighted by Crippen LogP contribution is 2.16. The number of hydrogen-bond acceptors (Lipinski definition) is 4. The van der Waals surface area contributed by atoms with Crippen LogP contribution in [0.1, 0.15) is 11.3 Å². The zero-order valence-electron chi connectivity index (χ0n) is 7.29. The summed E-state index contributed by atoms with van der Waals surface area (Å²) >= 11 is 4.95. The Morgan fingerprint density at radius 3 is 2.58 bits per heavy atom. The molecule has 0 fully saturated rings. The van der Waals surface area contributed by atoms with Crippen molar-refractivity contribution in [2.24, 2.45) is 7.05 Å². The molecular weight excluding hydrogens is 174 g/mol.